The summed E-state index contributed by atoms with van der Waals surface area (Å²) < 4.78 is 45.4. The van der Waals surface area contributed by atoms with Crippen molar-refractivity contribution in [3.63, 3.8) is 0 Å². The minimum atomic E-state index is -3.75. The fourth-order valence-corrected chi connectivity index (χ4v) is 7.28. The largest absolute Gasteiger partial charge is 0.482 e. The number of hydrogen-bond acceptors (Lipinski definition) is 7. The number of rotatable bonds is 4. The third-order valence-electron chi connectivity index (χ3n) is 7.33. The van der Waals surface area contributed by atoms with Crippen molar-refractivity contribution in [3.05, 3.63) is 18.2 Å². The Bertz CT molecular complexity index is 1080. The van der Waals surface area contributed by atoms with Gasteiger partial charge in [-0.05, 0) is 36.5 Å². The number of benzene rings is 1. The molecular formula is C24H33N3O7S. The lowest BCUT2D eigenvalue weighted by Gasteiger charge is -2.38. The van der Waals surface area contributed by atoms with Crippen LogP contribution in [0.25, 0.3) is 0 Å². The van der Waals surface area contributed by atoms with E-state index in [4.69, 9.17) is 14.2 Å². The van der Waals surface area contributed by atoms with Crippen molar-refractivity contribution in [2.45, 2.75) is 43.8 Å². The molecule has 0 aliphatic carbocycles. The predicted octanol–water partition coefficient (Wildman–Crippen LogP) is 1.44. The molecule has 0 saturated carbocycles. The number of carbonyl (C=O) groups is 2. The summed E-state index contributed by atoms with van der Waals surface area (Å²) in [5, 5.41) is 0. The van der Waals surface area contributed by atoms with Crippen molar-refractivity contribution >= 4 is 27.5 Å². The molecule has 3 fully saturated rings. The molecule has 10 nitrogen and oxygen atoms in total. The van der Waals surface area contributed by atoms with Crippen LogP contribution in [-0.2, 0) is 29.1 Å². The van der Waals surface area contributed by atoms with Crippen LogP contribution in [0.2, 0.25) is 0 Å². The molecule has 0 unspecified atom stereocenters. The summed E-state index contributed by atoms with van der Waals surface area (Å²) in [7, 11) is -3.75. The molecule has 4 heterocycles. The Morgan fingerprint density at radius 3 is 2.40 bits per heavy atom. The predicted molar refractivity (Wildman–Crippen MR) is 126 cm³/mol. The van der Waals surface area contributed by atoms with Crippen LogP contribution in [0.3, 0.4) is 0 Å². The summed E-state index contributed by atoms with van der Waals surface area (Å²) >= 11 is 0. The van der Waals surface area contributed by atoms with Crippen molar-refractivity contribution in [1.29, 1.82) is 0 Å². The summed E-state index contributed by atoms with van der Waals surface area (Å²) in [5.74, 6) is -0.238. The number of anilines is 1. The molecule has 11 heteroatoms. The highest BCUT2D eigenvalue weighted by molar-refractivity contribution is 7.89. The molecule has 2 amide bonds. The molecule has 2 atom stereocenters. The number of carbonyl (C=O) groups excluding carboxylic acids is 2. The first-order chi connectivity index (χ1) is 16.7. The Morgan fingerprint density at radius 2 is 1.74 bits per heavy atom. The number of piperidine rings is 2. The molecule has 0 radical (unpaired) electrons. The maximum Gasteiger partial charge on any atom is 0.265 e. The van der Waals surface area contributed by atoms with E-state index in [1.54, 1.807) is 11.0 Å². The van der Waals surface area contributed by atoms with Gasteiger partial charge in [-0.2, -0.15) is 4.31 Å². The Balaban J connectivity index is 1.34. The van der Waals surface area contributed by atoms with Crippen LogP contribution in [0.1, 0.15) is 33.1 Å². The first kappa shape index (κ1) is 24.5. The maximum absolute atomic E-state index is 13.4. The van der Waals surface area contributed by atoms with Gasteiger partial charge in [0, 0.05) is 39.0 Å². The van der Waals surface area contributed by atoms with Gasteiger partial charge in [-0.15, -0.1) is 0 Å². The van der Waals surface area contributed by atoms with E-state index in [0.717, 1.165) is 6.42 Å². The van der Waals surface area contributed by atoms with Crippen LogP contribution in [-0.4, -0.2) is 87.8 Å². The van der Waals surface area contributed by atoms with Gasteiger partial charge in [0.2, 0.25) is 15.9 Å². The fraction of sp³-hybridized carbons (Fsp3) is 0.667. The molecule has 1 aromatic carbocycles. The normalized spacial score (nSPS) is 27.1. The Hall–Kier alpha value is -2.21. The van der Waals surface area contributed by atoms with E-state index < -0.39 is 15.8 Å². The number of hydrogen-bond donors (Lipinski definition) is 0. The number of nitrogens with zero attached hydrogens (tertiary/aromatic N) is 3. The van der Waals surface area contributed by atoms with Crippen LogP contribution in [0, 0.1) is 11.8 Å². The van der Waals surface area contributed by atoms with E-state index in [9.17, 15) is 18.0 Å². The second-order valence-corrected chi connectivity index (χ2v) is 12.1. The van der Waals surface area contributed by atoms with Gasteiger partial charge in [-0.1, -0.05) is 13.8 Å². The lowest BCUT2D eigenvalue weighted by molar-refractivity contribution is -0.187. The quantitative estimate of drug-likeness (QED) is 0.607. The van der Waals surface area contributed by atoms with E-state index >= 15 is 0 Å². The third-order valence-corrected chi connectivity index (χ3v) is 9.16. The monoisotopic (exact) mass is 507 g/mol. The minimum Gasteiger partial charge on any atom is -0.482 e. The van der Waals surface area contributed by atoms with Crippen LogP contribution < -0.4 is 9.64 Å². The molecule has 3 saturated heterocycles. The van der Waals surface area contributed by atoms with Crippen LogP contribution in [0.5, 0.6) is 5.75 Å². The maximum atomic E-state index is 13.4. The first-order valence-electron chi connectivity index (χ1n) is 12.3. The molecule has 4 aliphatic rings. The molecular weight excluding hydrogens is 474 g/mol. The van der Waals surface area contributed by atoms with Gasteiger partial charge in [0.05, 0.1) is 23.8 Å². The highest BCUT2D eigenvalue weighted by Crippen LogP contribution is 2.37. The lowest BCUT2D eigenvalue weighted by Crippen LogP contribution is -2.51. The van der Waals surface area contributed by atoms with E-state index in [1.165, 1.54) is 21.3 Å². The smallest absolute Gasteiger partial charge is 0.265 e. The van der Waals surface area contributed by atoms with Crippen LogP contribution in [0.4, 0.5) is 5.69 Å². The summed E-state index contributed by atoms with van der Waals surface area (Å²) in [6.45, 7) is 6.74. The molecule has 35 heavy (non-hydrogen) atoms. The van der Waals surface area contributed by atoms with Crippen LogP contribution in [0.15, 0.2) is 23.1 Å². The molecule has 0 N–H and O–H groups in total. The average Bonchev–Trinajstić information content (AvgIpc) is 3.28. The van der Waals surface area contributed by atoms with Gasteiger partial charge in [0.15, 0.2) is 12.4 Å². The van der Waals surface area contributed by atoms with Crippen molar-refractivity contribution in [2.24, 2.45) is 11.8 Å². The summed E-state index contributed by atoms with van der Waals surface area (Å²) in [6, 6.07) is 4.55. The molecule has 1 spiro atoms. The highest BCUT2D eigenvalue weighted by Gasteiger charge is 2.41. The average molecular weight is 508 g/mol. The minimum absolute atomic E-state index is 0.101. The second kappa shape index (κ2) is 9.34. The highest BCUT2D eigenvalue weighted by atomic mass is 32.2. The number of ether oxygens (including phenoxy) is 3. The van der Waals surface area contributed by atoms with E-state index in [-0.39, 0.29) is 41.7 Å². The van der Waals surface area contributed by atoms with Crippen molar-refractivity contribution in [2.75, 3.05) is 57.4 Å². The summed E-state index contributed by atoms with van der Waals surface area (Å²) in [5.41, 5.74) is 0.310. The number of sulfonamides is 1. The van der Waals surface area contributed by atoms with Crippen molar-refractivity contribution in [3.8, 4) is 5.75 Å². The third kappa shape index (κ3) is 4.78. The zero-order chi connectivity index (χ0) is 24.8. The van der Waals surface area contributed by atoms with E-state index in [0.29, 0.717) is 63.7 Å². The van der Waals surface area contributed by atoms with Gasteiger partial charge in [-0.3, -0.25) is 14.5 Å². The summed E-state index contributed by atoms with van der Waals surface area (Å²) in [6.07, 6.45) is 2.16. The Labute approximate surface area is 206 Å². The van der Waals surface area contributed by atoms with Gasteiger partial charge in [0.1, 0.15) is 12.3 Å². The van der Waals surface area contributed by atoms with Gasteiger partial charge >= 0.3 is 0 Å². The first-order valence-corrected chi connectivity index (χ1v) is 13.7. The Morgan fingerprint density at radius 1 is 1.09 bits per heavy atom. The van der Waals surface area contributed by atoms with Crippen LogP contribution >= 0.6 is 0 Å². The lowest BCUT2D eigenvalue weighted by atomic mass is 9.94. The molecule has 5 rings (SSSR count). The zero-order valence-electron chi connectivity index (χ0n) is 20.3. The van der Waals surface area contributed by atoms with E-state index in [2.05, 4.69) is 13.8 Å². The Kier molecular flexibility index (Phi) is 6.54. The number of amides is 2. The molecule has 192 valence electrons. The number of likely N-dealkylation sites (tertiary alicyclic amines) is 1. The second-order valence-electron chi connectivity index (χ2n) is 10.2. The molecule has 1 aromatic rings. The van der Waals surface area contributed by atoms with Crippen molar-refractivity contribution < 1.29 is 32.2 Å². The zero-order valence-corrected chi connectivity index (χ0v) is 21.1. The van der Waals surface area contributed by atoms with Gasteiger partial charge in [-0.25, -0.2) is 8.42 Å². The molecule has 4 aliphatic heterocycles. The topological polar surface area (TPSA) is 106 Å². The fourth-order valence-electron chi connectivity index (χ4n) is 5.58. The standard InChI is InChI=1S/C24H33N3O7S/c1-17-11-18(2)14-26(13-17)35(30,31)19-3-4-21-20(12-19)27(23(29)16-32-21)15-22(28)25-7-5-24(6-8-25)33-9-10-34-24/h3-4,12,17-18H,5-11,13-16H2,1-2H3/t17-,18+. The van der Waals surface area contributed by atoms with Gasteiger partial charge in [0.25, 0.3) is 5.91 Å². The van der Waals surface area contributed by atoms with E-state index in [1.807, 2.05) is 0 Å². The SMILES string of the molecule is C[C@@H]1C[C@H](C)CN(S(=O)(=O)c2ccc3c(c2)N(CC(=O)N2CCC4(CC2)OCCO4)C(=O)CO3)C1. The number of fused-ring (bicyclic) bond motifs is 1. The summed E-state index contributed by atoms with van der Waals surface area (Å²) in [4.78, 5) is 29.0. The van der Waals surface area contributed by atoms with Crippen molar-refractivity contribution in [1.82, 2.24) is 9.21 Å². The molecule has 0 aromatic heterocycles. The van der Waals surface area contributed by atoms with Gasteiger partial charge < -0.3 is 19.1 Å². The molecule has 0 bridgehead atoms.